The number of nitrogens with zero attached hydrogens (tertiary/aromatic N) is 2. The normalized spacial score (nSPS) is 19.3. The molecule has 2 heterocycles. The number of ether oxygens (including phenoxy) is 2. The maximum Gasteiger partial charge on any atom is 0.459 e. The number of rotatable bonds is 9. The van der Waals surface area contributed by atoms with E-state index in [1.54, 1.807) is 4.90 Å². The van der Waals surface area contributed by atoms with Crippen LogP contribution in [0.25, 0.3) is 0 Å². The van der Waals surface area contributed by atoms with Crippen LogP contribution in [0.5, 0.6) is 0 Å². The number of anilines is 1. The molecule has 2 aliphatic rings. The number of alkyl halides is 7. The van der Waals surface area contributed by atoms with E-state index in [1.165, 1.54) is 34.1 Å². The first kappa shape index (κ1) is 33.3. The van der Waals surface area contributed by atoms with Crippen molar-refractivity contribution in [1.82, 2.24) is 9.79 Å². The van der Waals surface area contributed by atoms with Crippen molar-refractivity contribution in [2.45, 2.75) is 42.2 Å². The molecule has 3 rings (SSSR count). The van der Waals surface area contributed by atoms with Crippen molar-refractivity contribution >= 4 is 34.0 Å². The van der Waals surface area contributed by atoms with Crippen LogP contribution in [0.3, 0.4) is 0 Å². The number of piperazine rings is 1. The zero-order chi connectivity index (χ0) is 28.4. The van der Waals surface area contributed by atoms with E-state index >= 15 is 0 Å². The maximum absolute atomic E-state index is 13.3. The van der Waals surface area contributed by atoms with Crippen LogP contribution >= 0.6 is 12.4 Å². The fraction of sp³-hybridized carbons (Fsp3) is 0.667. The summed E-state index contributed by atoms with van der Waals surface area (Å²) in [5.74, 6) is -12.7. The van der Waals surface area contributed by atoms with Gasteiger partial charge in [-0.05, 0) is 17.7 Å². The molecule has 1 amide bonds. The van der Waals surface area contributed by atoms with Gasteiger partial charge in [0.2, 0.25) is 10.0 Å². The summed E-state index contributed by atoms with van der Waals surface area (Å²) in [6, 6.07) is 5.87. The minimum absolute atomic E-state index is 0. The van der Waals surface area contributed by atoms with Gasteiger partial charge in [-0.15, -0.1) is 12.4 Å². The summed E-state index contributed by atoms with van der Waals surface area (Å²) >= 11 is 0. The van der Waals surface area contributed by atoms with Crippen LogP contribution in [-0.2, 0) is 30.9 Å². The highest BCUT2D eigenvalue weighted by molar-refractivity contribution is 7.91. The Balaban J connectivity index is 0.00000533. The van der Waals surface area contributed by atoms with Crippen molar-refractivity contribution in [3.8, 4) is 0 Å². The van der Waals surface area contributed by atoms with Gasteiger partial charge < -0.3 is 14.4 Å². The lowest BCUT2D eigenvalue weighted by Gasteiger charge is -2.42. The van der Waals surface area contributed by atoms with Gasteiger partial charge in [0.05, 0.1) is 6.61 Å². The van der Waals surface area contributed by atoms with Gasteiger partial charge in [0.15, 0.2) is 4.75 Å². The average Bonchev–Trinajstić information content (AvgIpc) is 2.88. The molecule has 2 saturated heterocycles. The number of carbonyl (C=O) groups is 1. The lowest BCUT2D eigenvalue weighted by Crippen LogP contribution is -2.62. The average molecular weight is 618 g/mol. The van der Waals surface area contributed by atoms with E-state index in [0.29, 0.717) is 5.69 Å². The van der Waals surface area contributed by atoms with Gasteiger partial charge in [-0.2, -0.15) is 35.0 Å². The standard InChI is InChI=1S/C21H26F7N3O6S.ClH/c22-19(23,20(24,25)21(26,27)28)14-37-13-15-1-3-16(4-2-15)30-7-9-31(10-8-30)38(34,35)18(17(32)29-33)5-11-36-12-6-18;/h1-4,33H,5-14H2,(H,29,32);1H. The number of hydrogen-bond donors (Lipinski definition) is 2. The summed E-state index contributed by atoms with van der Waals surface area (Å²) in [7, 11) is -4.16. The zero-order valence-electron chi connectivity index (χ0n) is 20.2. The second-order valence-electron chi connectivity index (χ2n) is 8.87. The second-order valence-corrected chi connectivity index (χ2v) is 11.1. The monoisotopic (exact) mass is 617 g/mol. The SMILES string of the molecule is Cl.O=C(NO)C1(S(=O)(=O)N2CCN(c3ccc(COCC(F)(F)C(F)(F)C(F)(F)F)cc3)CC2)CCOCC1. The molecular formula is C21H27ClF7N3O6S. The number of hydroxylamine groups is 1. The quantitative estimate of drug-likeness (QED) is 0.249. The molecule has 0 aliphatic carbocycles. The van der Waals surface area contributed by atoms with Crippen LogP contribution < -0.4 is 10.4 Å². The molecule has 1 aromatic carbocycles. The van der Waals surface area contributed by atoms with Gasteiger partial charge in [-0.1, -0.05) is 12.1 Å². The predicted octanol–water partition coefficient (Wildman–Crippen LogP) is 2.96. The lowest BCUT2D eigenvalue weighted by atomic mass is 9.98. The molecule has 0 saturated carbocycles. The highest BCUT2D eigenvalue weighted by Crippen LogP contribution is 2.46. The Bertz CT molecular complexity index is 1080. The molecule has 2 fully saturated rings. The van der Waals surface area contributed by atoms with E-state index in [1.807, 2.05) is 0 Å². The van der Waals surface area contributed by atoms with Crippen LogP contribution in [-0.4, -0.2) is 92.6 Å². The molecule has 0 aromatic heterocycles. The molecule has 0 atom stereocenters. The highest BCUT2D eigenvalue weighted by atomic mass is 35.5. The largest absolute Gasteiger partial charge is 0.459 e. The molecule has 39 heavy (non-hydrogen) atoms. The van der Waals surface area contributed by atoms with Crippen LogP contribution in [0.2, 0.25) is 0 Å². The Morgan fingerprint density at radius 2 is 1.54 bits per heavy atom. The second kappa shape index (κ2) is 12.3. The molecular weight excluding hydrogens is 591 g/mol. The summed E-state index contributed by atoms with van der Waals surface area (Å²) in [6.45, 7) is -2.22. The Hall–Kier alpha value is -1.92. The van der Waals surface area contributed by atoms with Crippen LogP contribution in [0.1, 0.15) is 18.4 Å². The number of sulfonamides is 1. The molecule has 1 aromatic rings. The van der Waals surface area contributed by atoms with E-state index in [4.69, 9.17) is 9.94 Å². The first-order valence-electron chi connectivity index (χ1n) is 11.3. The molecule has 2 N–H and O–H groups in total. The first-order valence-corrected chi connectivity index (χ1v) is 12.8. The van der Waals surface area contributed by atoms with E-state index in [0.717, 1.165) is 0 Å². The van der Waals surface area contributed by atoms with Crippen molar-refractivity contribution in [3.05, 3.63) is 29.8 Å². The number of halogens is 8. The van der Waals surface area contributed by atoms with Gasteiger partial charge in [0.25, 0.3) is 5.91 Å². The molecule has 224 valence electrons. The zero-order valence-corrected chi connectivity index (χ0v) is 21.9. The molecule has 9 nitrogen and oxygen atoms in total. The first-order chi connectivity index (χ1) is 17.6. The van der Waals surface area contributed by atoms with Gasteiger partial charge in [0.1, 0.15) is 6.61 Å². The van der Waals surface area contributed by atoms with Crippen molar-refractivity contribution < 1.29 is 58.6 Å². The Morgan fingerprint density at radius 1 is 1.00 bits per heavy atom. The van der Waals surface area contributed by atoms with E-state index in [9.17, 15) is 43.9 Å². The summed E-state index contributed by atoms with van der Waals surface area (Å²) in [5.41, 5.74) is 2.29. The number of carbonyl (C=O) groups excluding carboxylic acids is 1. The minimum Gasteiger partial charge on any atom is -0.381 e. The Kier molecular flexibility index (Phi) is 10.5. The van der Waals surface area contributed by atoms with Crippen LogP contribution in [0.4, 0.5) is 36.4 Å². The summed E-state index contributed by atoms with van der Waals surface area (Å²) in [6.07, 6.45) is -6.67. The third-order valence-electron chi connectivity index (χ3n) is 6.56. The van der Waals surface area contributed by atoms with Crippen molar-refractivity contribution in [1.29, 1.82) is 0 Å². The lowest BCUT2D eigenvalue weighted by molar-refractivity contribution is -0.361. The molecule has 0 spiro atoms. The van der Waals surface area contributed by atoms with Crippen molar-refractivity contribution in [2.75, 3.05) is 50.9 Å². The van der Waals surface area contributed by atoms with Gasteiger partial charge in [-0.25, -0.2) is 13.9 Å². The maximum atomic E-state index is 13.3. The van der Waals surface area contributed by atoms with E-state index in [-0.39, 0.29) is 70.2 Å². The fourth-order valence-corrected chi connectivity index (χ4v) is 6.34. The minimum atomic E-state index is -6.43. The summed E-state index contributed by atoms with van der Waals surface area (Å²) in [5, 5.41) is 9.13. The van der Waals surface area contributed by atoms with Crippen molar-refractivity contribution in [2.24, 2.45) is 0 Å². The topological polar surface area (TPSA) is 108 Å². The third kappa shape index (κ3) is 6.53. The third-order valence-corrected chi connectivity index (χ3v) is 9.18. The van der Waals surface area contributed by atoms with Gasteiger partial charge in [-0.3, -0.25) is 10.0 Å². The molecule has 2 aliphatic heterocycles. The predicted molar refractivity (Wildman–Crippen MR) is 125 cm³/mol. The van der Waals surface area contributed by atoms with E-state index in [2.05, 4.69) is 4.74 Å². The highest BCUT2D eigenvalue weighted by Gasteiger charge is 2.73. The van der Waals surface area contributed by atoms with Gasteiger partial charge in [0, 0.05) is 57.9 Å². The summed E-state index contributed by atoms with van der Waals surface area (Å²) < 4.78 is 125. The number of hydrogen-bond acceptors (Lipinski definition) is 7. The smallest absolute Gasteiger partial charge is 0.381 e. The van der Waals surface area contributed by atoms with Crippen LogP contribution in [0.15, 0.2) is 24.3 Å². The van der Waals surface area contributed by atoms with Gasteiger partial charge >= 0.3 is 18.0 Å². The number of benzene rings is 1. The van der Waals surface area contributed by atoms with Crippen LogP contribution in [0, 0.1) is 0 Å². The number of nitrogens with one attached hydrogen (secondary N) is 1. The Labute approximate surface area is 225 Å². The molecule has 18 heteroatoms. The Morgan fingerprint density at radius 3 is 2.03 bits per heavy atom. The fourth-order valence-electron chi connectivity index (χ4n) is 4.24. The van der Waals surface area contributed by atoms with E-state index < -0.39 is 51.9 Å². The van der Waals surface area contributed by atoms with Crippen molar-refractivity contribution in [3.63, 3.8) is 0 Å². The molecule has 0 unspecified atom stereocenters. The molecule has 0 bridgehead atoms. The summed E-state index contributed by atoms with van der Waals surface area (Å²) in [4.78, 5) is 14.1. The molecule has 0 radical (unpaired) electrons. The number of amides is 1.